The molecule has 1 aromatic carbocycles. The van der Waals surface area contributed by atoms with E-state index in [0.717, 1.165) is 6.07 Å². The Labute approximate surface area is 129 Å². The van der Waals surface area contributed by atoms with Crippen LogP contribution in [0.25, 0.3) is 0 Å². The molecule has 8 heteroatoms. The summed E-state index contributed by atoms with van der Waals surface area (Å²) >= 11 is 1.71. The lowest BCUT2D eigenvalue weighted by molar-refractivity contribution is -0.384. The Kier molecular flexibility index (Phi) is 6.11. The van der Waals surface area contributed by atoms with Crippen LogP contribution >= 0.6 is 22.6 Å². The highest BCUT2D eigenvalue weighted by molar-refractivity contribution is 14.1. The zero-order valence-corrected chi connectivity index (χ0v) is 13.2. The number of carbonyl (C=O) groups excluding carboxylic acids is 1. The van der Waals surface area contributed by atoms with Crippen LogP contribution in [-0.4, -0.2) is 31.6 Å². The van der Waals surface area contributed by atoms with E-state index in [1.54, 1.807) is 34.5 Å². The van der Waals surface area contributed by atoms with Gasteiger partial charge in [0.1, 0.15) is 11.5 Å². The molecule has 0 bridgehead atoms. The maximum Gasteiger partial charge on any atom is 0.305 e. The quantitative estimate of drug-likeness (QED) is 0.320. The monoisotopic (exact) mass is 396 g/mol. The van der Waals surface area contributed by atoms with Crippen molar-refractivity contribution >= 4 is 39.9 Å². The van der Waals surface area contributed by atoms with E-state index in [1.807, 2.05) is 0 Å². The molecule has 1 aromatic rings. The highest BCUT2D eigenvalue weighted by Gasteiger charge is 2.20. The van der Waals surface area contributed by atoms with Gasteiger partial charge in [0.25, 0.3) is 5.69 Å². The number of ether oxygens (including phenoxy) is 1. The fourth-order valence-corrected chi connectivity index (χ4v) is 2.11. The number of nitrogens with zero attached hydrogens (tertiary/aromatic N) is 2. The van der Waals surface area contributed by atoms with Gasteiger partial charge in [-0.05, 0) is 29.0 Å². The number of esters is 1. The molecule has 0 saturated carbocycles. The van der Waals surface area contributed by atoms with Crippen molar-refractivity contribution in [2.24, 2.45) is 0 Å². The van der Waals surface area contributed by atoms with Crippen molar-refractivity contribution in [3.05, 3.63) is 31.6 Å². The van der Waals surface area contributed by atoms with E-state index < -0.39 is 10.7 Å². The summed E-state index contributed by atoms with van der Waals surface area (Å²) in [6, 6.07) is 2.33. The van der Waals surface area contributed by atoms with Crippen molar-refractivity contribution in [2.45, 2.75) is 12.8 Å². The Morgan fingerprint density at radius 2 is 2.20 bits per heavy atom. The number of benzene rings is 1. The summed E-state index contributed by atoms with van der Waals surface area (Å²) in [7, 11) is 2.91. The normalized spacial score (nSPS) is 10.2. The van der Waals surface area contributed by atoms with Crippen LogP contribution < -0.4 is 4.90 Å². The maximum absolute atomic E-state index is 13.6. The summed E-state index contributed by atoms with van der Waals surface area (Å²) in [5.74, 6) is -0.854. The molecule has 0 N–H and O–H groups in total. The molecule has 20 heavy (non-hydrogen) atoms. The second-order valence-corrected chi connectivity index (χ2v) is 5.28. The van der Waals surface area contributed by atoms with Crippen LogP contribution in [0.5, 0.6) is 0 Å². The summed E-state index contributed by atoms with van der Waals surface area (Å²) < 4.78 is 18.3. The molecule has 0 fully saturated rings. The molecule has 0 heterocycles. The van der Waals surface area contributed by atoms with Crippen LogP contribution in [0.3, 0.4) is 0 Å². The molecule has 0 unspecified atom stereocenters. The Morgan fingerprint density at radius 1 is 1.55 bits per heavy atom. The molecule has 0 aliphatic heterocycles. The van der Waals surface area contributed by atoms with Crippen LogP contribution in [0.2, 0.25) is 0 Å². The van der Waals surface area contributed by atoms with Crippen molar-refractivity contribution in [3.63, 3.8) is 0 Å². The molecule has 0 saturated heterocycles. The fraction of sp³-hybridized carbons (Fsp3) is 0.417. The van der Waals surface area contributed by atoms with Gasteiger partial charge in [-0.1, -0.05) is 0 Å². The van der Waals surface area contributed by atoms with Crippen LogP contribution in [0.15, 0.2) is 12.1 Å². The van der Waals surface area contributed by atoms with Crippen molar-refractivity contribution in [1.82, 2.24) is 0 Å². The number of carbonyl (C=O) groups is 1. The van der Waals surface area contributed by atoms with E-state index in [2.05, 4.69) is 4.74 Å². The molecular weight excluding hydrogens is 382 g/mol. The molecule has 1 rings (SSSR count). The Bertz CT molecular complexity index is 524. The minimum atomic E-state index is -0.548. The Morgan fingerprint density at radius 3 is 2.75 bits per heavy atom. The van der Waals surface area contributed by atoms with Gasteiger partial charge in [-0.2, -0.15) is 0 Å². The summed E-state index contributed by atoms with van der Waals surface area (Å²) in [6.07, 6.45) is 0.676. The number of hydrogen-bond acceptors (Lipinski definition) is 5. The SMILES string of the molecule is COC(=O)CCCN(C)c1cc(F)c(I)cc1[N+](=O)[O-]. The second kappa shape index (κ2) is 7.36. The zero-order chi connectivity index (χ0) is 15.3. The third-order valence-electron chi connectivity index (χ3n) is 2.73. The lowest BCUT2D eigenvalue weighted by atomic mass is 10.2. The van der Waals surface area contributed by atoms with Gasteiger partial charge in [0.2, 0.25) is 0 Å². The number of halogens is 2. The highest BCUT2D eigenvalue weighted by atomic mass is 127. The van der Waals surface area contributed by atoms with Crippen molar-refractivity contribution < 1.29 is 18.8 Å². The molecule has 0 atom stereocenters. The number of nitro groups is 1. The molecule has 0 aromatic heterocycles. The molecule has 110 valence electrons. The van der Waals surface area contributed by atoms with Crippen molar-refractivity contribution in [3.8, 4) is 0 Å². The lowest BCUT2D eigenvalue weighted by Crippen LogP contribution is -2.21. The summed E-state index contributed by atoms with van der Waals surface area (Å²) in [5.41, 5.74) is 0.0362. The number of hydrogen-bond donors (Lipinski definition) is 0. The summed E-state index contributed by atoms with van der Waals surface area (Å²) in [5, 5.41) is 11.0. The van der Waals surface area contributed by atoms with E-state index in [-0.39, 0.29) is 27.3 Å². The largest absolute Gasteiger partial charge is 0.469 e. The molecule has 0 aliphatic rings. The first-order chi connectivity index (χ1) is 9.36. The van der Waals surface area contributed by atoms with Gasteiger partial charge in [-0.15, -0.1) is 0 Å². The first kappa shape index (κ1) is 16.6. The van der Waals surface area contributed by atoms with Gasteiger partial charge in [0.05, 0.1) is 15.6 Å². The first-order valence-electron chi connectivity index (χ1n) is 5.78. The van der Waals surface area contributed by atoms with Gasteiger partial charge in [0.15, 0.2) is 0 Å². The minimum absolute atomic E-state index is 0.156. The third-order valence-corrected chi connectivity index (χ3v) is 3.55. The number of rotatable bonds is 6. The minimum Gasteiger partial charge on any atom is -0.469 e. The van der Waals surface area contributed by atoms with Gasteiger partial charge in [-0.25, -0.2) is 4.39 Å². The van der Waals surface area contributed by atoms with E-state index in [9.17, 15) is 19.3 Å². The predicted octanol–water partition coefficient (Wildman–Crippen LogP) is 2.73. The molecule has 6 nitrogen and oxygen atoms in total. The number of anilines is 1. The van der Waals surface area contributed by atoms with Gasteiger partial charge < -0.3 is 9.64 Å². The Balaban J connectivity index is 2.86. The summed E-state index contributed by atoms with van der Waals surface area (Å²) in [4.78, 5) is 23.0. The molecule has 0 aliphatic carbocycles. The molecule has 0 radical (unpaired) electrons. The van der Waals surface area contributed by atoms with E-state index in [0.29, 0.717) is 13.0 Å². The van der Waals surface area contributed by atoms with Crippen LogP contribution in [0.1, 0.15) is 12.8 Å². The zero-order valence-electron chi connectivity index (χ0n) is 11.1. The average Bonchev–Trinajstić information content (AvgIpc) is 2.40. The van der Waals surface area contributed by atoms with Crippen molar-refractivity contribution in [2.75, 3.05) is 25.6 Å². The molecule has 0 amide bonds. The molecular formula is C12H14FIN2O4. The first-order valence-corrected chi connectivity index (χ1v) is 6.86. The lowest BCUT2D eigenvalue weighted by Gasteiger charge is -2.19. The fourth-order valence-electron chi connectivity index (χ4n) is 1.66. The van der Waals surface area contributed by atoms with Gasteiger partial charge in [0, 0.05) is 32.1 Å². The third kappa shape index (κ3) is 4.29. The van der Waals surface area contributed by atoms with Crippen molar-refractivity contribution in [1.29, 1.82) is 0 Å². The second-order valence-electron chi connectivity index (χ2n) is 4.11. The molecule has 0 spiro atoms. The summed E-state index contributed by atoms with van der Waals surface area (Å²) in [6.45, 7) is 0.385. The Hall–Kier alpha value is -1.45. The topological polar surface area (TPSA) is 72.7 Å². The highest BCUT2D eigenvalue weighted by Crippen LogP contribution is 2.31. The standard InChI is InChI=1S/C12H14FIN2O4/c1-15(5-3-4-12(17)20-2)10-6-8(13)9(14)7-11(10)16(18)19/h6-7H,3-5H2,1-2H3. The maximum atomic E-state index is 13.6. The average molecular weight is 396 g/mol. The van der Waals surface area contributed by atoms with E-state index >= 15 is 0 Å². The van der Waals surface area contributed by atoms with E-state index in [4.69, 9.17) is 0 Å². The predicted molar refractivity (Wildman–Crippen MR) is 80.3 cm³/mol. The van der Waals surface area contributed by atoms with Crippen LogP contribution in [-0.2, 0) is 9.53 Å². The van der Waals surface area contributed by atoms with Crippen LogP contribution in [0.4, 0.5) is 15.8 Å². The number of methoxy groups -OCH3 is 1. The smallest absolute Gasteiger partial charge is 0.305 e. The van der Waals surface area contributed by atoms with Gasteiger partial charge >= 0.3 is 5.97 Å². The van der Waals surface area contributed by atoms with E-state index in [1.165, 1.54) is 13.2 Å². The van der Waals surface area contributed by atoms with Gasteiger partial charge in [-0.3, -0.25) is 14.9 Å². The van der Waals surface area contributed by atoms with Crippen LogP contribution in [0, 0.1) is 19.5 Å². The number of nitro benzene ring substituents is 1.